The topological polar surface area (TPSA) is 38.0 Å². The zero-order chi connectivity index (χ0) is 13.3. The molecule has 0 atom stereocenters. The summed E-state index contributed by atoms with van der Waals surface area (Å²) in [5.41, 5.74) is 5.83. The summed E-state index contributed by atoms with van der Waals surface area (Å²) in [6.45, 7) is 0. The second-order valence-electron chi connectivity index (χ2n) is 3.58. The van der Waals surface area contributed by atoms with Crippen LogP contribution < -0.4 is 11.1 Å². The molecule has 0 spiro atoms. The fraction of sp³-hybridized carbons (Fsp3) is 0. The van der Waals surface area contributed by atoms with E-state index in [1.807, 2.05) is 0 Å². The lowest BCUT2D eigenvalue weighted by atomic mass is 10.2. The van der Waals surface area contributed by atoms with Crippen molar-refractivity contribution >= 4 is 40.3 Å². The minimum Gasteiger partial charge on any atom is -0.395 e. The summed E-state index contributed by atoms with van der Waals surface area (Å²) >= 11 is 11.8. The minimum atomic E-state index is -0.837. The Morgan fingerprint density at radius 1 is 1.06 bits per heavy atom. The van der Waals surface area contributed by atoms with Gasteiger partial charge in [0.15, 0.2) is 5.82 Å². The Morgan fingerprint density at radius 2 is 1.78 bits per heavy atom. The van der Waals surface area contributed by atoms with E-state index >= 15 is 0 Å². The monoisotopic (exact) mass is 288 g/mol. The van der Waals surface area contributed by atoms with Crippen LogP contribution in [0.2, 0.25) is 10.0 Å². The molecule has 94 valence electrons. The van der Waals surface area contributed by atoms with E-state index in [1.54, 1.807) is 18.2 Å². The summed E-state index contributed by atoms with van der Waals surface area (Å²) in [7, 11) is 0. The van der Waals surface area contributed by atoms with Gasteiger partial charge in [-0.05, 0) is 18.2 Å². The van der Waals surface area contributed by atoms with Crippen molar-refractivity contribution in [2.24, 2.45) is 0 Å². The maximum atomic E-state index is 13.3. The molecule has 2 aromatic rings. The van der Waals surface area contributed by atoms with Crippen molar-refractivity contribution in [2.75, 3.05) is 11.1 Å². The second-order valence-corrected chi connectivity index (χ2v) is 4.36. The highest BCUT2D eigenvalue weighted by molar-refractivity contribution is 6.43. The highest BCUT2D eigenvalue weighted by Gasteiger charge is 2.10. The molecule has 0 aromatic heterocycles. The van der Waals surface area contributed by atoms with Crippen molar-refractivity contribution in [3.8, 4) is 0 Å². The molecule has 0 aliphatic heterocycles. The maximum absolute atomic E-state index is 13.3. The van der Waals surface area contributed by atoms with Crippen molar-refractivity contribution in [3.63, 3.8) is 0 Å². The van der Waals surface area contributed by atoms with Crippen molar-refractivity contribution in [1.29, 1.82) is 0 Å². The van der Waals surface area contributed by atoms with E-state index in [-0.39, 0.29) is 16.4 Å². The van der Waals surface area contributed by atoms with Gasteiger partial charge in [0.2, 0.25) is 0 Å². The van der Waals surface area contributed by atoms with Crippen LogP contribution >= 0.6 is 23.2 Å². The zero-order valence-electron chi connectivity index (χ0n) is 8.98. The Bertz CT molecular complexity index is 603. The number of anilines is 3. The van der Waals surface area contributed by atoms with E-state index in [0.717, 1.165) is 6.07 Å². The number of halogens is 4. The van der Waals surface area contributed by atoms with Crippen LogP contribution in [0.1, 0.15) is 0 Å². The Balaban J connectivity index is 2.43. The molecule has 0 saturated carbocycles. The predicted molar refractivity (Wildman–Crippen MR) is 70.5 cm³/mol. The van der Waals surface area contributed by atoms with Gasteiger partial charge >= 0.3 is 0 Å². The Hall–Kier alpha value is -1.52. The molecule has 0 bridgehead atoms. The average Bonchev–Trinajstić information content (AvgIpc) is 2.31. The summed E-state index contributed by atoms with van der Waals surface area (Å²) in [4.78, 5) is 0. The van der Waals surface area contributed by atoms with Crippen LogP contribution in [0, 0.1) is 11.6 Å². The fourth-order valence-corrected chi connectivity index (χ4v) is 1.78. The predicted octanol–water partition coefficient (Wildman–Crippen LogP) is 4.60. The summed E-state index contributed by atoms with van der Waals surface area (Å²) in [6, 6.07) is 6.67. The van der Waals surface area contributed by atoms with Gasteiger partial charge in [0, 0.05) is 6.07 Å². The molecule has 18 heavy (non-hydrogen) atoms. The number of benzene rings is 2. The highest BCUT2D eigenvalue weighted by atomic mass is 35.5. The molecule has 0 amide bonds. The quantitative estimate of drug-likeness (QED) is 0.793. The minimum absolute atomic E-state index is 0.0941. The number of nitrogen functional groups attached to an aromatic ring is 1. The van der Waals surface area contributed by atoms with Crippen LogP contribution in [0.15, 0.2) is 30.3 Å². The lowest BCUT2D eigenvalue weighted by Crippen LogP contribution is -2.00. The molecule has 0 unspecified atom stereocenters. The van der Waals surface area contributed by atoms with Gasteiger partial charge < -0.3 is 11.1 Å². The molecule has 0 saturated heterocycles. The molecular formula is C12H8Cl2F2N2. The first-order valence-corrected chi connectivity index (χ1v) is 5.70. The SMILES string of the molecule is Nc1c(F)cc(F)cc1Nc1cccc(Cl)c1Cl. The molecule has 2 nitrogen and oxygen atoms in total. The Morgan fingerprint density at radius 3 is 2.50 bits per heavy atom. The van der Waals surface area contributed by atoms with Crippen LogP contribution in [-0.4, -0.2) is 0 Å². The first kappa shape index (κ1) is 12.9. The van der Waals surface area contributed by atoms with Crippen LogP contribution in [-0.2, 0) is 0 Å². The van der Waals surface area contributed by atoms with Crippen LogP contribution in [0.3, 0.4) is 0 Å². The lowest BCUT2D eigenvalue weighted by Gasteiger charge is -2.12. The summed E-state index contributed by atoms with van der Waals surface area (Å²) in [6.07, 6.45) is 0. The van der Waals surface area contributed by atoms with Gasteiger partial charge in [-0.15, -0.1) is 0 Å². The van der Waals surface area contributed by atoms with Gasteiger partial charge in [0.1, 0.15) is 5.82 Å². The first-order chi connectivity index (χ1) is 8.49. The lowest BCUT2D eigenvalue weighted by molar-refractivity contribution is 0.587. The molecule has 0 aliphatic rings. The van der Waals surface area contributed by atoms with Crippen LogP contribution in [0.5, 0.6) is 0 Å². The third-order valence-electron chi connectivity index (χ3n) is 2.32. The molecule has 0 fully saturated rings. The molecular weight excluding hydrogens is 281 g/mol. The number of hydrogen-bond acceptors (Lipinski definition) is 2. The smallest absolute Gasteiger partial charge is 0.151 e. The van der Waals surface area contributed by atoms with Gasteiger partial charge in [-0.1, -0.05) is 29.3 Å². The van der Waals surface area contributed by atoms with Gasteiger partial charge in [-0.3, -0.25) is 0 Å². The van der Waals surface area contributed by atoms with Crippen molar-refractivity contribution < 1.29 is 8.78 Å². The number of hydrogen-bond donors (Lipinski definition) is 2. The van der Waals surface area contributed by atoms with E-state index in [2.05, 4.69) is 5.32 Å². The molecule has 2 aromatic carbocycles. The normalized spacial score (nSPS) is 10.4. The van der Waals surface area contributed by atoms with Crippen molar-refractivity contribution in [3.05, 3.63) is 52.0 Å². The Kier molecular flexibility index (Phi) is 3.59. The van der Waals surface area contributed by atoms with Crippen molar-refractivity contribution in [2.45, 2.75) is 0 Å². The van der Waals surface area contributed by atoms with Gasteiger partial charge in [-0.25, -0.2) is 8.78 Å². The molecule has 0 radical (unpaired) electrons. The van der Waals surface area contributed by atoms with E-state index < -0.39 is 11.6 Å². The van der Waals surface area contributed by atoms with Gasteiger partial charge in [-0.2, -0.15) is 0 Å². The fourth-order valence-electron chi connectivity index (χ4n) is 1.43. The third-order valence-corrected chi connectivity index (χ3v) is 3.13. The second kappa shape index (κ2) is 5.00. The van der Waals surface area contributed by atoms with Crippen LogP contribution in [0.4, 0.5) is 25.8 Å². The average molecular weight is 289 g/mol. The van der Waals surface area contributed by atoms with Gasteiger partial charge in [0.25, 0.3) is 0 Å². The number of rotatable bonds is 2. The Labute approximate surface area is 112 Å². The summed E-state index contributed by atoms with van der Waals surface area (Å²) in [5, 5.41) is 3.33. The third kappa shape index (κ3) is 2.49. The van der Waals surface area contributed by atoms with E-state index in [1.165, 1.54) is 0 Å². The molecule has 3 N–H and O–H groups in total. The summed E-state index contributed by atoms with van der Waals surface area (Å²) < 4.78 is 26.4. The van der Waals surface area contributed by atoms with E-state index in [9.17, 15) is 8.78 Å². The van der Waals surface area contributed by atoms with Crippen molar-refractivity contribution in [1.82, 2.24) is 0 Å². The zero-order valence-corrected chi connectivity index (χ0v) is 10.5. The van der Waals surface area contributed by atoms with Gasteiger partial charge in [0.05, 0.1) is 27.1 Å². The van der Waals surface area contributed by atoms with E-state index in [4.69, 9.17) is 28.9 Å². The molecule has 6 heteroatoms. The molecule has 0 heterocycles. The first-order valence-electron chi connectivity index (χ1n) is 4.94. The largest absolute Gasteiger partial charge is 0.395 e. The highest BCUT2D eigenvalue weighted by Crippen LogP contribution is 2.34. The molecule has 0 aliphatic carbocycles. The number of nitrogens with two attached hydrogens (primary N) is 1. The standard InChI is InChI=1S/C12H8Cl2F2N2/c13-7-2-1-3-9(11(7)14)18-10-5-6(15)4-8(16)12(10)17/h1-5,18H,17H2. The number of nitrogens with one attached hydrogen (secondary N) is 1. The van der Waals surface area contributed by atoms with E-state index in [0.29, 0.717) is 16.8 Å². The van der Waals surface area contributed by atoms with Crippen LogP contribution in [0.25, 0.3) is 0 Å². The summed E-state index contributed by atoms with van der Waals surface area (Å²) in [5.74, 6) is -1.57. The maximum Gasteiger partial charge on any atom is 0.151 e. The molecule has 2 rings (SSSR count).